The molecule has 0 spiro atoms. The highest BCUT2D eigenvalue weighted by Crippen LogP contribution is 2.18. The van der Waals surface area contributed by atoms with Gasteiger partial charge in [0.1, 0.15) is 5.69 Å². The average Bonchev–Trinajstić information content (AvgIpc) is 2.74. The molecule has 2 rings (SSSR count). The zero-order valence-corrected chi connectivity index (χ0v) is 12.1. The van der Waals surface area contributed by atoms with Gasteiger partial charge in [-0.3, -0.25) is 9.52 Å². The maximum absolute atomic E-state index is 11.9. The fourth-order valence-corrected chi connectivity index (χ4v) is 2.56. The predicted octanol–water partition coefficient (Wildman–Crippen LogP) is 1.35. The molecule has 1 aromatic carbocycles. The van der Waals surface area contributed by atoms with Crippen LogP contribution >= 0.6 is 11.3 Å². The predicted molar refractivity (Wildman–Crippen MR) is 79.4 cm³/mol. The first kappa shape index (κ1) is 14.3. The quantitative estimate of drug-likeness (QED) is 0.788. The largest absolute Gasteiger partial charge is 0.375 e. The van der Waals surface area contributed by atoms with E-state index < -0.39 is 15.9 Å². The number of rotatable bonds is 4. The SMILES string of the molecule is CS(=O)(=O)Nc1cccc(NC(=O)c2csc(N)n2)c1. The number of carbonyl (C=O) groups is 1. The number of benzene rings is 1. The van der Waals surface area contributed by atoms with E-state index in [1.807, 2.05) is 0 Å². The van der Waals surface area contributed by atoms with Crippen molar-refractivity contribution < 1.29 is 13.2 Å². The smallest absolute Gasteiger partial charge is 0.275 e. The Balaban J connectivity index is 2.14. The minimum absolute atomic E-state index is 0.217. The molecule has 1 aromatic heterocycles. The van der Waals surface area contributed by atoms with E-state index in [4.69, 9.17) is 5.73 Å². The van der Waals surface area contributed by atoms with E-state index in [-0.39, 0.29) is 5.69 Å². The number of nitrogen functional groups attached to an aromatic ring is 1. The van der Waals surface area contributed by atoms with Gasteiger partial charge in [0.15, 0.2) is 5.13 Å². The second-order valence-corrected chi connectivity index (χ2v) is 6.62. The monoisotopic (exact) mass is 312 g/mol. The number of nitrogens with zero attached hydrogens (tertiary/aromatic N) is 1. The molecule has 9 heteroatoms. The van der Waals surface area contributed by atoms with E-state index in [1.54, 1.807) is 23.6 Å². The highest BCUT2D eigenvalue weighted by molar-refractivity contribution is 7.92. The lowest BCUT2D eigenvalue weighted by molar-refractivity contribution is 0.102. The van der Waals surface area contributed by atoms with Crippen LogP contribution in [0.3, 0.4) is 0 Å². The maximum Gasteiger partial charge on any atom is 0.275 e. The van der Waals surface area contributed by atoms with Gasteiger partial charge >= 0.3 is 0 Å². The van der Waals surface area contributed by atoms with Crippen molar-refractivity contribution >= 4 is 43.8 Å². The molecule has 0 atom stereocenters. The number of nitrogens with one attached hydrogen (secondary N) is 2. The molecule has 0 radical (unpaired) electrons. The number of amides is 1. The first-order valence-corrected chi connectivity index (χ1v) is 8.21. The van der Waals surface area contributed by atoms with Gasteiger partial charge in [-0.1, -0.05) is 6.07 Å². The third-order valence-electron chi connectivity index (χ3n) is 2.18. The summed E-state index contributed by atoms with van der Waals surface area (Å²) in [5.74, 6) is -0.408. The summed E-state index contributed by atoms with van der Waals surface area (Å²) in [5, 5.41) is 4.47. The van der Waals surface area contributed by atoms with E-state index in [1.165, 1.54) is 17.4 Å². The Morgan fingerprint density at radius 3 is 2.65 bits per heavy atom. The second kappa shape index (κ2) is 5.47. The fourth-order valence-electron chi connectivity index (χ4n) is 1.46. The number of aromatic nitrogens is 1. The Hall–Kier alpha value is -2.13. The summed E-state index contributed by atoms with van der Waals surface area (Å²) < 4.78 is 24.6. The van der Waals surface area contributed by atoms with Crippen molar-refractivity contribution in [2.75, 3.05) is 22.0 Å². The normalized spacial score (nSPS) is 11.1. The van der Waals surface area contributed by atoms with Crippen LogP contribution in [-0.2, 0) is 10.0 Å². The van der Waals surface area contributed by atoms with E-state index >= 15 is 0 Å². The van der Waals surface area contributed by atoms with Crippen LogP contribution < -0.4 is 15.8 Å². The molecular weight excluding hydrogens is 300 g/mol. The topological polar surface area (TPSA) is 114 Å². The summed E-state index contributed by atoms with van der Waals surface area (Å²) >= 11 is 1.17. The fraction of sp³-hybridized carbons (Fsp3) is 0.0909. The summed E-state index contributed by atoms with van der Waals surface area (Å²) in [6.45, 7) is 0. The molecule has 2 aromatic rings. The highest BCUT2D eigenvalue weighted by atomic mass is 32.2. The van der Waals surface area contributed by atoms with Crippen molar-refractivity contribution in [2.24, 2.45) is 0 Å². The first-order valence-electron chi connectivity index (χ1n) is 5.44. The van der Waals surface area contributed by atoms with Gasteiger partial charge in [-0.2, -0.15) is 0 Å². The third-order valence-corrected chi connectivity index (χ3v) is 3.46. The molecule has 1 amide bonds. The maximum atomic E-state index is 11.9. The van der Waals surface area contributed by atoms with E-state index in [0.717, 1.165) is 6.26 Å². The molecule has 7 nitrogen and oxygen atoms in total. The Labute approximate surface area is 119 Å². The average molecular weight is 312 g/mol. The number of sulfonamides is 1. The first-order chi connectivity index (χ1) is 9.33. The van der Waals surface area contributed by atoms with Crippen LogP contribution in [0, 0.1) is 0 Å². The lowest BCUT2D eigenvalue weighted by Gasteiger charge is -2.07. The van der Waals surface area contributed by atoms with Gasteiger partial charge in [-0.25, -0.2) is 13.4 Å². The van der Waals surface area contributed by atoms with Crippen LogP contribution in [-0.4, -0.2) is 25.6 Å². The molecule has 20 heavy (non-hydrogen) atoms. The van der Waals surface area contributed by atoms with Gasteiger partial charge in [0.05, 0.1) is 11.9 Å². The molecular formula is C11H12N4O3S2. The van der Waals surface area contributed by atoms with Gasteiger partial charge in [-0.15, -0.1) is 11.3 Å². The molecule has 0 aliphatic heterocycles. The van der Waals surface area contributed by atoms with E-state index in [9.17, 15) is 13.2 Å². The summed E-state index contributed by atoms with van der Waals surface area (Å²) in [5.41, 5.74) is 6.49. The minimum Gasteiger partial charge on any atom is -0.375 e. The zero-order valence-electron chi connectivity index (χ0n) is 10.5. The van der Waals surface area contributed by atoms with Crippen molar-refractivity contribution in [3.05, 3.63) is 35.3 Å². The molecule has 0 fully saturated rings. The Kier molecular flexibility index (Phi) is 3.91. The minimum atomic E-state index is -3.36. The van der Waals surface area contributed by atoms with E-state index in [0.29, 0.717) is 16.5 Å². The van der Waals surface area contributed by atoms with Crippen molar-refractivity contribution in [1.29, 1.82) is 0 Å². The van der Waals surface area contributed by atoms with Gasteiger partial charge in [0.25, 0.3) is 5.91 Å². The Morgan fingerprint density at radius 2 is 2.05 bits per heavy atom. The van der Waals surface area contributed by atoms with Gasteiger partial charge in [-0.05, 0) is 18.2 Å². The van der Waals surface area contributed by atoms with Crippen molar-refractivity contribution in [3.8, 4) is 0 Å². The van der Waals surface area contributed by atoms with Crippen LogP contribution in [0.2, 0.25) is 0 Å². The molecule has 0 aliphatic carbocycles. The molecule has 0 aliphatic rings. The van der Waals surface area contributed by atoms with Crippen molar-refractivity contribution in [2.45, 2.75) is 0 Å². The number of anilines is 3. The second-order valence-electron chi connectivity index (χ2n) is 3.98. The van der Waals surface area contributed by atoms with Gasteiger partial charge in [0, 0.05) is 11.1 Å². The van der Waals surface area contributed by atoms with E-state index in [2.05, 4.69) is 15.0 Å². The molecule has 0 saturated carbocycles. The van der Waals surface area contributed by atoms with Gasteiger partial charge < -0.3 is 11.1 Å². The number of thiazole rings is 1. The zero-order chi connectivity index (χ0) is 14.8. The summed E-state index contributed by atoms with van der Waals surface area (Å²) in [6.07, 6.45) is 1.05. The summed E-state index contributed by atoms with van der Waals surface area (Å²) in [7, 11) is -3.36. The number of nitrogens with two attached hydrogens (primary N) is 1. The summed E-state index contributed by atoms with van der Waals surface area (Å²) in [4.78, 5) is 15.7. The molecule has 0 bridgehead atoms. The lowest BCUT2D eigenvalue weighted by atomic mass is 10.3. The van der Waals surface area contributed by atoms with Crippen LogP contribution in [0.4, 0.5) is 16.5 Å². The molecule has 1 heterocycles. The third kappa shape index (κ3) is 3.93. The Morgan fingerprint density at radius 1 is 1.35 bits per heavy atom. The molecule has 0 saturated heterocycles. The molecule has 4 N–H and O–H groups in total. The van der Waals surface area contributed by atoms with Crippen LogP contribution in [0.1, 0.15) is 10.5 Å². The highest BCUT2D eigenvalue weighted by Gasteiger charge is 2.10. The standard InChI is InChI=1S/C11H12N4O3S2/c1-20(17,18)15-8-4-2-3-7(5-8)13-10(16)9-6-19-11(12)14-9/h2-6,15H,1H3,(H2,12,14)(H,13,16). The number of hydrogen-bond acceptors (Lipinski definition) is 6. The number of hydrogen-bond donors (Lipinski definition) is 3. The van der Waals surface area contributed by atoms with Crippen molar-refractivity contribution in [1.82, 2.24) is 4.98 Å². The number of carbonyl (C=O) groups excluding carboxylic acids is 1. The Bertz CT molecular complexity index is 740. The van der Waals surface area contributed by atoms with Gasteiger partial charge in [0.2, 0.25) is 10.0 Å². The summed E-state index contributed by atoms with van der Waals surface area (Å²) in [6, 6.07) is 6.35. The van der Waals surface area contributed by atoms with Crippen molar-refractivity contribution in [3.63, 3.8) is 0 Å². The van der Waals surface area contributed by atoms with Crippen LogP contribution in [0.15, 0.2) is 29.6 Å². The molecule has 106 valence electrons. The van der Waals surface area contributed by atoms with Crippen LogP contribution in [0.5, 0.6) is 0 Å². The molecule has 0 unspecified atom stereocenters. The van der Waals surface area contributed by atoms with Crippen LogP contribution in [0.25, 0.3) is 0 Å². The lowest BCUT2D eigenvalue weighted by Crippen LogP contribution is -2.13.